The van der Waals surface area contributed by atoms with Gasteiger partial charge in [0.25, 0.3) is 0 Å². The fourth-order valence-corrected chi connectivity index (χ4v) is 2.79. The van der Waals surface area contributed by atoms with Crippen molar-refractivity contribution < 1.29 is 27.7 Å². The monoisotopic (exact) mass is 328 g/mol. The summed E-state index contributed by atoms with van der Waals surface area (Å²) < 4.78 is 32.9. The van der Waals surface area contributed by atoms with Gasteiger partial charge in [0.15, 0.2) is 0 Å². The second-order valence-corrected chi connectivity index (χ2v) is 5.59. The summed E-state index contributed by atoms with van der Waals surface area (Å²) in [6.45, 7) is 5.57. The number of ether oxygens (including phenoxy) is 1. The van der Waals surface area contributed by atoms with Gasteiger partial charge in [0.1, 0.15) is 5.76 Å². The van der Waals surface area contributed by atoms with Gasteiger partial charge in [-0.05, 0) is 20.8 Å². The Morgan fingerprint density at radius 3 is 2.14 bits per heavy atom. The molecule has 7 heteroatoms. The first-order chi connectivity index (χ1) is 10.5. The first-order valence-corrected chi connectivity index (χ1v) is 8.53. The third-order valence-corrected chi connectivity index (χ3v) is 3.95. The van der Waals surface area contributed by atoms with Crippen molar-refractivity contribution in [1.29, 1.82) is 0 Å². The summed E-state index contributed by atoms with van der Waals surface area (Å²) >= 11 is 0. The van der Waals surface area contributed by atoms with E-state index < -0.39 is 13.8 Å². The Morgan fingerprint density at radius 2 is 1.64 bits per heavy atom. The van der Waals surface area contributed by atoms with Crippen LogP contribution in [0.1, 0.15) is 26.3 Å². The van der Waals surface area contributed by atoms with Crippen LogP contribution in [0.4, 0.5) is 0 Å². The second kappa shape index (κ2) is 9.41. The minimum Gasteiger partial charge on any atom is -0.463 e. The molecule has 0 radical (unpaired) electrons. The Labute approximate surface area is 130 Å². The smallest absolute Gasteiger partial charge is 0.463 e. The van der Waals surface area contributed by atoms with E-state index in [0.29, 0.717) is 5.56 Å². The summed E-state index contributed by atoms with van der Waals surface area (Å²) in [6, 6.07) is 8.78. The predicted molar refractivity (Wildman–Crippen MR) is 83.0 cm³/mol. The first-order valence-electron chi connectivity index (χ1n) is 7.07. The summed E-state index contributed by atoms with van der Waals surface area (Å²) in [7, 11) is -3.79. The fourth-order valence-electron chi connectivity index (χ4n) is 1.58. The normalized spacial score (nSPS) is 12.0. The van der Waals surface area contributed by atoms with Gasteiger partial charge in [-0.15, -0.1) is 0 Å². The van der Waals surface area contributed by atoms with Crippen LogP contribution in [0, 0.1) is 0 Å². The molecule has 1 aromatic rings. The van der Waals surface area contributed by atoms with Crippen LogP contribution in [-0.4, -0.2) is 25.8 Å². The largest absolute Gasteiger partial charge is 0.530 e. The van der Waals surface area contributed by atoms with Gasteiger partial charge in [-0.2, -0.15) is 0 Å². The van der Waals surface area contributed by atoms with Gasteiger partial charge >= 0.3 is 13.8 Å². The zero-order valence-electron chi connectivity index (χ0n) is 13.0. The Hall–Kier alpha value is -1.62. The quantitative estimate of drug-likeness (QED) is 0.297. The third-order valence-electron chi connectivity index (χ3n) is 2.38. The van der Waals surface area contributed by atoms with Gasteiger partial charge < -0.3 is 9.26 Å². The van der Waals surface area contributed by atoms with E-state index in [1.54, 1.807) is 45.0 Å². The van der Waals surface area contributed by atoms with E-state index in [4.69, 9.17) is 18.3 Å². The number of carbonyl (C=O) groups excluding carboxylic acids is 1. The highest BCUT2D eigenvalue weighted by molar-refractivity contribution is 7.48. The molecule has 0 unspecified atom stereocenters. The van der Waals surface area contributed by atoms with E-state index in [9.17, 15) is 9.36 Å². The van der Waals surface area contributed by atoms with Crippen molar-refractivity contribution in [2.75, 3.05) is 19.8 Å². The lowest BCUT2D eigenvalue weighted by Crippen LogP contribution is -2.04. The molecule has 0 bridgehead atoms. The molecule has 0 saturated heterocycles. The predicted octanol–water partition coefficient (Wildman–Crippen LogP) is 3.79. The van der Waals surface area contributed by atoms with Crippen LogP contribution in [0.5, 0.6) is 0 Å². The summed E-state index contributed by atoms with van der Waals surface area (Å²) in [5.74, 6) is -0.523. The second-order valence-electron chi connectivity index (χ2n) is 4.00. The van der Waals surface area contributed by atoms with Gasteiger partial charge in [-0.1, -0.05) is 30.3 Å². The number of rotatable bonds is 9. The average molecular weight is 328 g/mol. The van der Waals surface area contributed by atoms with Crippen LogP contribution < -0.4 is 0 Å². The fraction of sp³-hybridized carbons (Fsp3) is 0.400. The van der Waals surface area contributed by atoms with Crippen LogP contribution in [0.15, 0.2) is 36.4 Å². The Balaban J connectivity index is 3.10. The minimum atomic E-state index is -3.79. The van der Waals surface area contributed by atoms with Crippen LogP contribution in [0.2, 0.25) is 0 Å². The lowest BCUT2D eigenvalue weighted by Gasteiger charge is -2.19. The van der Waals surface area contributed by atoms with Crippen LogP contribution in [0.3, 0.4) is 0 Å². The van der Waals surface area contributed by atoms with E-state index in [1.807, 2.05) is 6.07 Å². The molecule has 0 heterocycles. The first kappa shape index (κ1) is 18.4. The van der Waals surface area contributed by atoms with E-state index >= 15 is 0 Å². The highest BCUT2D eigenvalue weighted by Gasteiger charge is 2.29. The summed E-state index contributed by atoms with van der Waals surface area (Å²) in [4.78, 5) is 11.7. The lowest BCUT2D eigenvalue weighted by atomic mass is 10.2. The van der Waals surface area contributed by atoms with Gasteiger partial charge in [0, 0.05) is 5.56 Å². The summed E-state index contributed by atoms with van der Waals surface area (Å²) in [5.41, 5.74) is 0.565. The Kier molecular flexibility index (Phi) is 7.88. The standard InChI is InChI=1S/C15H21O6P/c1-4-18-15(16)12-14(13-10-8-7-9-11-13)21-22(17,19-5-2)20-6-3/h7-12H,4-6H2,1-3H3/b14-12-. The molecule has 0 aliphatic heterocycles. The van der Waals surface area contributed by atoms with Crippen LogP contribution in [0.25, 0.3) is 5.76 Å². The molecular formula is C15H21O6P. The van der Waals surface area contributed by atoms with Gasteiger partial charge in [0.05, 0.1) is 25.9 Å². The number of carbonyl (C=O) groups is 1. The maximum absolute atomic E-state index is 12.5. The Bertz CT molecular complexity index is 530. The zero-order chi connectivity index (χ0) is 16.4. The lowest BCUT2D eigenvalue weighted by molar-refractivity contribution is -0.137. The van der Waals surface area contributed by atoms with Crippen molar-refractivity contribution in [2.45, 2.75) is 20.8 Å². The minimum absolute atomic E-state index is 0.0734. The maximum Gasteiger partial charge on any atom is 0.530 e. The molecule has 1 rings (SSSR count). The van der Waals surface area contributed by atoms with Crippen molar-refractivity contribution in [3.63, 3.8) is 0 Å². The molecule has 0 aliphatic rings. The molecule has 122 valence electrons. The van der Waals surface area contributed by atoms with Gasteiger partial charge in [-0.25, -0.2) is 9.36 Å². The van der Waals surface area contributed by atoms with Crippen LogP contribution >= 0.6 is 7.82 Å². The highest BCUT2D eigenvalue weighted by atomic mass is 31.2. The number of hydrogen-bond acceptors (Lipinski definition) is 6. The Morgan fingerprint density at radius 1 is 1.05 bits per heavy atom. The number of esters is 1. The molecule has 0 aromatic heterocycles. The maximum atomic E-state index is 12.5. The molecule has 0 N–H and O–H groups in total. The molecule has 0 spiro atoms. The number of phosphoric acid groups is 1. The molecular weight excluding hydrogens is 307 g/mol. The van der Waals surface area contributed by atoms with Crippen molar-refractivity contribution in [2.24, 2.45) is 0 Å². The SMILES string of the molecule is CCOC(=O)/C=C(\OP(=O)(OCC)OCC)c1ccccc1. The third kappa shape index (κ3) is 6.02. The molecule has 0 amide bonds. The number of benzene rings is 1. The topological polar surface area (TPSA) is 71.1 Å². The molecule has 0 saturated carbocycles. The summed E-state index contributed by atoms with van der Waals surface area (Å²) in [6.07, 6.45) is 1.13. The van der Waals surface area contributed by atoms with E-state index in [-0.39, 0.29) is 25.6 Å². The number of phosphoric ester groups is 1. The van der Waals surface area contributed by atoms with Crippen molar-refractivity contribution in [3.8, 4) is 0 Å². The average Bonchev–Trinajstić information content (AvgIpc) is 2.48. The molecule has 22 heavy (non-hydrogen) atoms. The van der Waals surface area contributed by atoms with E-state index in [1.165, 1.54) is 0 Å². The van der Waals surface area contributed by atoms with Crippen molar-refractivity contribution >= 4 is 19.6 Å². The van der Waals surface area contributed by atoms with Gasteiger partial charge in [0.2, 0.25) is 0 Å². The van der Waals surface area contributed by atoms with Crippen molar-refractivity contribution in [1.82, 2.24) is 0 Å². The molecule has 0 fully saturated rings. The molecule has 6 nitrogen and oxygen atoms in total. The zero-order valence-corrected chi connectivity index (χ0v) is 13.9. The summed E-state index contributed by atoms with van der Waals surface area (Å²) in [5, 5.41) is 0. The molecule has 0 aliphatic carbocycles. The highest BCUT2D eigenvalue weighted by Crippen LogP contribution is 2.52. The molecule has 1 aromatic carbocycles. The van der Waals surface area contributed by atoms with E-state index in [2.05, 4.69) is 0 Å². The molecule has 0 atom stereocenters. The van der Waals surface area contributed by atoms with Gasteiger partial charge in [-0.3, -0.25) is 9.05 Å². The number of hydrogen-bond donors (Lipinski definition) is 0. The van der Waals surface area contributed by atoms with Crippen LogP contribution in [-0.2, 0) is 27.7 Å². The van der Waals surface area contributed by atoms with E-state index in [0.717, 1.165) is 6.08 Å². The van der Waals surface area contributed by atoms with Crippen molar-refractivity contribution in [3.05, 3.63) is 42.0 Å².